The first kappa shape index (κ1) is 20.1. The molecule has 0 aromatic heterocycles. The molecule has 0 atom stereocenters. The smallest absolute Gasteiger partial charge is 0.261 e. The van der Waals surface area contributed by atoms with Gasteiger partial charge in [0.1, 0.15) is 5.82 Å². The number of para-hydroxylation sites is 1. The topological polar surface area (TPSA) is 66.5 Å². The monoisotopic (exact) mass is 424 g/mol. The number of sulfonamides is 1. The zero-order chi connectivity index (χ0) is 21.1. The molecule has 7 heteroatoms. The highest BCUT2D eigenvalue weighted by atomic mass is 32.2. The minimum atomic E-state index is -3.84. The molecule has 30 heavy (non-hydrogen) atoms. The van der Waals surface area contributed by atoms with Crippen LogP contribution in [0.4, 0.5) is 15.8 Å². The van der Waals surface area contributed by atoms with E-state index in [2.05, 4.69) is 4.72 Å². The van der Waals surface area contributed by atoms with E-state index in [4.69, 9.17) is 0 Å². The number of carbonyl (C=O) groups excluding carboxylic acids is 1. The summed E-state index contributed by atoms with van der Waals surface area (Å²) in [6.45, 7) is 0.648. The molecule has 0 saturated carbocycles. The summed E-state index contributed by atoms with van der Waals surface area (Å²) in [6.07, 6.45) is 2.91. The van der Waals surface area contributed by atoms with Crippen LogP contribution in [0.25, 0.3) is 0 Å². The summed E-state index contributed by atoms with van der Waals surface area (Å²) < 4.78 is 40.4. The maximum absolute atomic E-state index is 13.1. The van der Waals surface area contributed by atoms with Crippen LogP contribution in [0.3, 0.4) is 0 Å². The number of carbonyl (C=O) groups is 1. The Bertz CT molecular complexity index is 1160. The largest absolute Gasteiger partial charge is 0.308 e. The van der Waals surface area contributed by atoms with Gasteiger partial charge in [0.25, 0.3) is 15.9 Å². The third-order valence-electron chi connectivity index (χ3n) is 5.11. The highest BCUT2D eigenvalue weighted by molar-refractivity contribution is 7.92. The second-order valence-corrected chi connectivity index (χ2v) is 8.86. The molecule has 0 bridgehead atoms. The van der Waals surface area contributed by atoms with Crippen molar-refractivity contribution in [2.24, 2.45) is 0 Å². The third kappa shape index (κ3) is 4.21. The molecular formula is C23H21FN2O3S. The van der Waals surface area contributed by atoms with Gasteiger partial charge in [0.15, 0.2) is 0 Å². The summed E-state index contributed by atoms with van der Waals surface area (Å²) in [7, 11) is -3.84. The Balaban J connectivity index is 1.54. The van der Waals surface area contributed by atoms with Gasteiger partial charge < -0.3 is 4.90 Å². The van der Waals surface area contributed by atoms with Gasteiger partial charge in [-0.3, -0.25) is 9.52 Å². The Morgan fingerprint density at radius 2 is 1.60 bits per heavy atom. The predicted octanol–water partition coefficient (Wildman–Crippen LogP) is 4.61. The zero-order valence-corrected chi connectivity index (χ0v) is 17.0. The molecule has 154 valence electrons. The fourth-order valence-electron chi connectivity index (χ4n) is 3.57. The number of rotatable bonds is 4. The quantitative estimate of drug-likeness (QED) is 0.665. The van der Waals surface area contributed by atoms with Gasteiger partial charge in [-0.05, 0) is 79.4 Å². The standard InChI is InChI=1S/C23H21FN2O3S/c24-19-10-14-21(15-11-19)30(28,29)25-20-12-8-18(9-13-20)23(27)26-16-4-3-6-17-5-1-2-7-22(17)26/h1-2,5,7-15,25H,3-4,6,16H2. The van der Waals surface area contributed by atoms with Gasteiger partial charge >= 0.3 is 0 Å². The summed E-state index contributed by atoms with van der Waals surface area (Å²) in [6, 6.07) is 18.8. The van der Waals surface area contributed by atoms with Crippen molar-refractivity contribution in [1.82, 2.24) is 0 Å². The number of amides is 1. The fourth-order valence-corrected chi connectivity index (χ4v) is 4.63. The number of fused-ring (bicyclic) bond motifs is 1. The maximum atomic E-state index is 13.1. The molecule has 0 spiro atoms. The molecule has 0 aliphatic carbocycles. The van der Waals surface area contributed by atoms with Crippen LogP contribution in [0, 0.1) is 5.82 Å². The summed E-state index contributed by atoms with van der Waals surface area (Å²) in [4.78, 5) is 14.9. The minimum Gasteiger partial charge on any atom is -0.308 e. The molecule has 1 amide bonds. The Kier molecular flexibility index (Phi) is 5.55. The van der Waals surface area contributed by atoms with Crippen LogP contribution >= 0.6 is 0 Å². The minimum absolute atomic E-state index is 0.0368. The number of anilines is 2. The second kappa shape index (κ2) is 8.28. The molecule has 3 aromatic rings. The van der Waals surface area contributed by atoms with Crippen LogP contribution in [-0.2, 0) is 16.4 Å². The normalized spacial score (nSPS) is 14.0. The van der Waals surface area contributed by atoms with Crippen LogP contribution in [-0.4, -0.2) is 20.9 Å². The first-order chi connectivity index (χ1) is 14.4. The Hall–Kier alpha value is -3.19. The van der Waals surface area contributed by atoms with E-state index in [0.717, 1.165) is 42.6 Å². The highest BCUT2D eigenvalue weighted by Crippen LogP contribution is 2.28. The molecule has 0 unspecified atom stereocenters. The van der Waals surface area contributed by atoms with E-state index in [1.54, 1.807) is 29.2 Å². The molecule has 0 fully saturated rings. The lowest BCUT2D eigenvalue weighted by Gasteiger charge is -2.23. The first-order valence-corrected chi connectivity index (χ1v) is 11.2. The molecule has 5 nitrogen and oxygen atoms in total. The highest BCUT2D eigenvalue weighted by Gasteiger charge is 2.22. The van der Waals surface area contributed by atoms with Crippen molar-refractivity contribution in [3.8, 4) is 0 Å². The van der Waals surface area contributed by atoms with E-state index in [-0.39, 0.29) is 10.8 Å². The zero-order valence-electron chi connectivity index (χ0n) is 16.2. The van der Waals surface area contributed by atoms with E-state index >= 15 is 0 Å². The molecule has 4 rings (SSSR count). The molecule has 1 heterocycles. The van der Waals surface area contributed by atoms with Crippen LogP contribution in [0.15, 0.2) is 77.7 Å². The van der Waals surface area contributed by atoms with Crippen LogP contribution < -0.4 is 9.62 Å². The number of hydrogen-bond acceptors (Lipinski definition) is 3. The maximum Gasteiger partial charge on any atom is 0.261 e. The van der Waals surface area contributed by atoms with Gasteiger partial charge in [-0.15, -0.1) is 0 Å². The Morgan fingerprint density at radius 1 is 0.900 bits per heavy atom. The summed E-state index contributed by atoms with van der Waals surface area (Å²) in [5, 5.41) is 0. The molecule has 1 aliphatic heterocycles. The lowest BCUT2D eigenvalue weighted by molar-refractivity contribution is 0.0987. The number of nitrogens with one attached hydrogen (secondary N) is 1. The third-order valence-corrected chi connectivity index (χ3v) is 6.51. The van der Waals surface area contributed by atoms with E-state index < -0.39 is 15.8 Å². The van der Waals surface area contributed by atoms with E-state index in [1.165, 1.54) is 12.1 Å². The fraction of sp³-hybridized carbons (Fsp3) is 0.174. The second-order valence-electron chi connectivity index (χ2n) is 7.18. The lowest BCUT2D eigenvalue weighted by Crippen LogP contribution is -2.31. The number of aryl methyl sites for hydroxylation is 1. The van der Waals surface area contributed by atoms with E-state index in [9.17, 15) is 17.6 Å². The lowest BCUT2D eigenvalue weighted by atomic mass is 10.1. The number of benzene rings is 3. The number of halogens is 1. The number of nitrogens with zero attached hydrogens (tertiary/aromatic N) is 1. The van der Waals surface area contributed by atoms with Gasteiger partial charge in [0.05, 0.1) is 4.90 Å². The molecule has 1 aliphatic rings. The van der Waals surface area contributed by atoms with Crippen LogP contribution in [0.1, 0.15) is 28.8 Å². The van der Waals surface area contributed by atoms with Crippen molar-refractivity contribution in [1.29, 1.82) is 0 Å². The Morgan fingerprint density at radius 3 is 2.33 bits per heavy atom. The van der Waals surface area contributed by atoms with E-state index in [0.29, 0.717) is 17.8 Å². The van der Waals surface area contributed by atoms with Crippen molar-refractivity contribution in [2.75, 3.05) is 16.2 Å². The Labute approximate surface area is 175 Å². The first-order valence-electron chi connectivity index (χ1n) is 9.72. The molecule has 0 saturated heterocycles. The van der Waals surface area contributed by atoms with Crippen LogP contribution in [0.2, 0.25) is 0 Å². The van der Waals surface area contributed by atoms with Crippen molar-refractivity contribution in [2.45, 2.75) is 24.2 Å². The molecule has 3 aromatic carbocycles. The summed E-state index contributed by atoms with van der Waals surface area (Å²) >= 11 is 0. The van der Waals surface area contributed by atoms with Gasteiger partial charge in [-0.25, -0.2) is 12.8 Å². The van der Waals surface area contributed by atoms with Crippen molar-refractivity contribution in [3.05, 3.63) is 89.7 Å². The summed E-state index contributed by atoms with van der Waals surface area (Å²) in [5.74, 6) is -0.621. The SMILES string of the molecule is O=C(c1ccc(NS(=O)(=O)c2ccc(F)cc2)cc1)N1CCCCc2ccccc21. The van der Waals surface area contributed by atoms with Gasteiger partial charge in [-0.2, -0.15) is 0 Å². The molecular weight excluding hydrogens is 403 g/mol. The van der Waals surface area contributed by atoms with Crippen molar-refractivity contribution < 1.29 is 17.6 Å². The van der Waals surface area contributed by atoms with E-state index in [1.807, 2.05) is 24.3 Å². The number of hydrogen-bond donors (Lipinski definition) is 1. The predicted molar refractivity (Wildman–Crippen MR) is 115 cm³/mol. The van der Waals surface area contributed by atoms with Crippen LogP contribution in [0.5, 0.6) is 0 Å². The van der Waals surface area contributed by atoms with Gasteiger partial charge in [-0.1, -0.05) is 18.2 Å². The van der Waals surface area contributed by atoms with Crippen molar-refractivity contribution >= 4 is 27.3 Å². The average Bonchev–Trinajstić information content (AvgIpc) is 2.96. The molecule has 1 N–H and O–H groups in total. The molecule has 0 radical (unpaired) electrons. The summed E-state index contributed by atoms with van der Waals surface area (Å²) in [5.41, 5.74) is 2.90. The van der Waals surface area contributed by atoms with Crippen molar-refractivity contribution in [3.63, 3.8) is 0 Å². The van der Waals surface area contributed by atoms with Gasteiger partial charge in [0.2, 0.25) is 0 Å². The van der Waals surface area contributed by atoms with Gasteiger partial charge in [0, 0.05) is 23.5 Å². The average molecular weight is 424 g/mol.